The van der Waals surface area contributed by atoms with Gasteiger partial charge in [0.15, 0.2) is 0 Å². The topological polar surface area (TPSA) is 61.9 Å². The number of amides is 2. The van der Waals surface area contributed by atoms with Crippen molar-refractivity contribution in [2.75, 3.05) is 39.4 Å². The first-order valence-corrected chi connectivity index (χ1v) is 10.5. The maximum atomic E-state index is 12.9. The highest BCUT2D eigenvalue weighted by molar-refractivity contribution is 5.87. The lowest BCUT2D eigenvalue weighted by Crippen LogP contribution is -2.51. The quantitative estimate of drug-likeness (QED) is 0.844. The molecule has 2 amide bonds. The molecule has 0 saturated carbocycles. The van der Waals surface area contributed by atoms with Crippen LogP contribution in [0.5, 0.6) is 0 Å². The van der Waals surface area contributed by atoms with Crippen LogP contribution < -0.4 is 5.32 Å². The van der Waals surface area contributed by atoms with Gasteiger partial charge >= 0.3 is 0 Å². The van der Waals surface area contributed by atoms with Gasteiger partial charge in [-0.3, -0.25) is 14.5 Å². The normalized spacial score (nSPS) is 21.3. The van der Waals surface area contributed by atoms with E-state index in [1.54, 1.807) is 0 Å². The molecule has 4 rings (SSSR count). The standard InChI is InChI=1S/C23H29N3O3/c1-17(19-9-4-7-18-6-2-3-8-20(18)19)24-22(27)16-26-11-5-10-21(26)23(28)25-12-14-29-15-13-25/h2-4,6-9,17,21H,5,10-16H2,1H3,(H,24,27). The Bertz CT molecular complexity index is 873. The number of carbonyl (C=O) groups is 2. The predicted molar refractivity (Wildman–Crippen MR) is 112 cm³/mol. The van der Waals surface area contributed by atoms with Gasteiger partial charge in [-0.15, -0.1) is 0 Å². The van der Waals surface area contributed by atoms with Gasteiger partial charge in [-0.2, -0.15) is 0 Å². The zero-order valence-electron chi connectivity index (χ0n) is 17.0. The molecule has 29 heavy (non-hydrogen) atoms. The highest BCUT2D eigenvalue weighted by Gasteiger charge is 2.35. The van der Waals surface area contributed by atoms with Crippen LogP contribution >= 0.6 is 0 Å². The van der Waals surface area contributed by atoms with E-state index in [-0.39, 0.29) is 30.4 Å². The molecule has 2 aliphatic rings. The Morgan fingerprint density at radius 1 is 1.10 bits per heavy atom. The number of likely N-dealkylation sites (tertiary alicyclic amines) is 1. The monoisotopic (exact) mass is 395 g/mol. The molecule has 154 valence electrons. The second-order valence-electron chi connectivity index (χ2n) is 7.92. The second kappa shape index (κ2) is 8.93. The first-order valence-electron chi connectivity index (χ1n) is 10.5. The molecule has 2 atom stereocenters. The summed E-state index contributed by atoms with van der Waals surface area (Å²) in [5, 5.41) is 5.45. The van der Waals surface area contributed by atoms with Gasteiger partial charge in [0, 0.05) is 13.1 Å². The number of nitrogens with one attached hydrogen (secondary N) is 1. The lowest BCUT2D eigenvalue weighted by molar-refractivity contribution is -0.140. The van der Waals surface area contributed by atoms with Crippen LogP contribution in [0, 0.1) is 0 Å². The van der Waals surface area contributed by atoms with E-state index in [1.165, 1.54) is 5.39 Å². The largest absolute Gasteiger partial charge is 0.378 e. The van der Waals surface area contributed by atoms with Crippen molar-refractivity contribution in [3.05, 3.63) is 48.0 Å². The molecule has 0 radical (unpaired) electrons. The summed E-state index contributed by atoms with van der Waals surface area (Å²) in [7, 11) is 0. The summed E-state index contributed by atoms with van der Waals surface area (Å²) in [6, 6.07) is 14.1. The van der Waals surface area contributed by atoms with Gasteiger partial charge in [0.05, 0.1) is 31.8 Å². The minimum Gasteiger partial charge on any atom is -0.378 e. The summed E-state index contributed by atoms with van der Waals surface area (Å²) in [6.45, 7) is 5.55. The average Bonchev–Trinajstić information content (AvgIpc) is 3.21. The van der Waals surface area contributed by atoms with Crippen molar-refractivity contribution in [1.29, 1.82) is 0 Å². The molecule has 2 aromatic rings. The van der Waals surface area contributed by atoms with Gasteiger partial charge in [0.25, 0.3) is 0 Å². The molecular formula is C23H29N3O3. The molecule has 0 aliphatic carbocycles. The Morgan fingerprint density at radius 2 is 1.86 bits per heavy atom. The molecule has 2 saturated heterocycles. The van der Waals surface area contributed by atoms with E-state index in [2.05, 4.69) is 29.6 Å². The van der Waals surface area contributed by atoms with Crippen molar-refractivity contribution < 1.29 is 14.3 Å². The number of benzene rings is 2. The molecule has 1 N–H and O–H groups in total. The Balaban J connectivity index is 1.39. The van der Waals surface area contributed by atoms with Crippen LogP contribution in [-0.2, 0) is 14.3 Å². The average molecular weight is 396 g/mol. The fraction of sp³-hybridized carbons (Fsp3) is 0.478. The summed E-state index contributed by atoms with van der Waals surface area (Å²) >= 11 is 0. The SMILES string of the molecule is CC(NC(=O)CN1CCCC1C(=O)N1CCOCC1)c1cccc2ccccc12. The van der Waals surface area contributed by atoms with Crippen LogP contribution in [0.4, 0.5) is 0 Å². The maximum absolute atomic E-state index is 12.9. The molecule has 0 bridgehead atoms. The minimum absolute atomic E-state index is 0.0351. The summed E-state index contributed by atoms with van der Waals surface area (Å²) in [5.74, 6) is 0.104. The fourth-order valence-electron chi connectivity index (χ4n) is 4.47. The highest BCUT2D eigenvalue weighted by Crippen LogP contribution is 2.24. The number of ether oxygens (including phenoxy) is 1. The van der Waals surface area contributed by atoms with E-state index >= 15 is 0 Å². The lowest BCUT2D eigenvalue weighted by Gasteiger charge is -2.32. The van der Waals surface area contributed by atoms with Gasteiger partial charge in [0.2, 0.25) is 11.8 Å². The maximum Gasteiger partial charge on any atom is 0.240 e. The van der Waals surface area contributed by atoms with E-state index in [9.17, 15) is 9.59 Å². The molecule has 2 aromatic carbocycles. The Kier molecular flexibility index (Phi) is 6.11. The first kappa shape index (κ1) is 19.9. The third-order valence-corrected chi connectivity index (χ3v) is 5.99. The van der Waals surface area contributed by atoms with Gasteiger partial charge in [-0.05, 0) is 42.6 Å². The number of morpholine rings is 1. The van der Waals surface area contributed by atoms with E-state index in [0.717, 1.165) is 30.3 Å². The number of nitrogens with zero attached hydrogens (tertiary/aromatic N) is 2. The molecule has 0 spiro atoms. The van der Waals surface area contributed by atoms with E-state index < -0.39 is 0 Å². The van der Waals surface area contributed by atoms with Crippen molar-refractivity contribution >= 4 is 22.6 Å². The smallest absolute Gasteiger partial charge is 0.240 e. The zero-order chi connectivity index (χ0) is 20.2. The molecule has 0 aromatic heterocycles. The summed E-state index contributed by atoms with van der Waals surface area (Å²) < 4.78 is 5.35. The van der Waals surface area contributed by atoms with Crippen LogP contribution in [0.25, 0.3) is 10.8 Å². The number of rotatable bonds is 5. The molecule has 2 unspecified atom stereocenters. The van der Waals surface area contributed by atoms with Crippen LogP contribution in [0.1, 0.15) is 31.4 Å². The van der Waals surface area contributed by atoms with Crippen molar-refractivity contribution in [3.8, 4) is 0 Å². The van der Waals surface area contributed by atoms with Crippen LogP contribution in [0.2, 0.25) is 0 Å². The zero-order valence-corrected chi connectivity index (χ0v) is 17.0. The summed E-state index contributed by atoms with van der Waals surface area (Å²) in [5.41, 5.74) is 1.11. The number of carbonyl (C=O) groups excluding carboxylic acids is 2. The van der Waals surface area contributed by atoms with Crippen LogP contribution in [-0.4, -0.2) is 67.0 Å². The van der Waals surface area contributed by atoms with Gasteiger partial charge in [-0.25, -0.2) is 0 Å². The summed E-state index contributed by atoms with van der Waals surface area (Å²) in [6.07, 6.45) is 1.77. The highest BCUT2D eigenvalue weighted by atomic mass is 16.5. The van der Waals surface area contributed by atoms with Crippen molar-refractivity contribution in [2.24, 2.45) is 0 Å². The van der Waals surface area contributed by atoms with Crippen LogP contribution in [0.3, 0.4) is 0 Å². The van der Waals surface area contributed by atoms with Crippen molar-refractivity contribution in [1.82, 2.24) is 15.1 Å². The molecule has 2 fully saturated rings. The number of hydrogen-bond donors (Lipinski definition) is 1. The van der Waals surface area contributed by atoms with E-state index in [1.807, 2.05) is 34.9 Å². The second-order valence-corrected chi connectivity index (χ2v) is 7.92. The lowest BCUT2D eigenvalue weighted by atomic mass is 10.00. The van der Waals surface area contributed by atoms with E-state index in [4.69, 9.17) is 4.74 Å². The first-order chi connectivity index (χ1) is 14.1. The predicted octanol–water partition coefficient (Wildman–Crippen LogP) is 2.34. The van der Waals surface area contributed by atoms with Gasteiger partial charge in [-0.1, -0.05) is 42.5 Å². The van der Waals surface area contributed by atoms with Gasteiger partial charge in [0.1, 0.15) is 0 Å². The fourth-order valence-corrected chi connectivity index (χ4v) is 4.47. The Labute approximate surface area is 171 Å². The number of hydrogen-bond acceptors (Lipinski definition) is 4. The molecule has 2 aliphatic heterocycles. The Hall–Kier alpha value is -2.44. The molecule has 6 nitrogen and oxygen atoms in total. The van der Waals surface area contributed by atoms with Crippen molar-refractivity contribution in [2.45, 2.75) is 31.8 Å². The third-order valence-electron chi connectivity index (χ3n) is 5.99. The van der Waals surface area contributed by atoms with Crippen molar-refractivity contribution in [3.63, 3.8) is 0 Å². The molecule has 2 heterocycles. The number of fused-ring (bicyclic) bond motifs is 1. The summed E-state index contributed by atoms with van der Waals surface area (Å²) in [4.78, 5) is 29.6. The minimum atomic E-state index is -0.188. The molecular weight excluding hydrogens is 366 g/mol. The molecule has 6 heteroatoms. The third kappa shape index (κ3) is 4.43. The van der Waals surface area contributed by atoms with Gasteiger partial charge < -0.3 is 15.0 Å². The Morgan fingerprint density at radius 3 is 2.69 bits per heavy atom. The van der Waals surface area contributed by atoms with Crippen LogP contribution in [0.15, 0.2) is 42.5 Å². The van der Waals surface area contributed by atoms with E-state index in [0.29, 0.717) is 26.3 Å².